The number of rotatable bonds is 5. The van der Waals surface area contributed by atoms with Crippen LogP contribution < -0.4 is 15.9 Å². The molecule has 1 fully saturated rings. The molecule has 1 aliphatic heterocycles. The first-order valence-corrected chi connectivity index (χ1v) is 10.1. The van der Waals surface area contributed by atoms with Gasteiger partial charge in [-0.05, 0) is 48.9 Å². The molecular weight excluding hydrogens is 368 g/mol. The normalized spacial score (nSPS) is 16.9. The number of amides is 1. The molecule has 0 spiro atoms. The van der Waals surface area contributed by atoms with E-state index in [9.17, 15) is 9.59 Å². The standard InChI is InChI=1S/C21H26N6O2/c1-3-16-7-4-8-17(12-16)22-19(28)14-27-21(29)26-11-9-18(23-20(26)24-27)25-10-5-6-15(2)13-25/h4,7-9,11-12,15H,3,5-6,10,13-14H2,1-2H3,(H,22,28)/t15-/m1/s1. The van der Waals surface area contributed by atoms with Crippen molar-refractivity contribution < 1.29 is 4.79 Å². The Kier molecular flexibility index (Phi) is 5.33. The minimum atomic E-state index is -0.372. The molecule has 2 aromatic heterocycles. The van der Waals surface area contributed by atoms with Crippen LogP contribution in [-0.4, -0.2) is 38.2 Å². The van der Waals surface area contributed by atoms with Gasteiger partial charge >= 0.3 is 5.69 Å². The van der Waals surface area contributed by atoms with E-state index in [4.69, 9.17) is 0 Å². The fraction of sp³-hybridized carbons (Fsp3) is 0.429. The predicted molar refractivity (Wildman–Crippen MR) is 112 cm³/mol. The maximum absolute atomic E-state index is 12.6. The monoisotopic (exact) mass is 394 g/mol. The van der Waals surface area contributed by atoms with Crippen LogP contribution in [0.2, 0.25) is 0 Å². The van der Waals surface area contributed by atoms with Crippen LogP contribution in [-0.2, 0) is 17.8 Å². The summed E-state index contributed by atoms with van der Waals surface area (Å²) >= 11 is 0. The highest BCUT2D eigenvalue weighted by Crippen LogP contribution is 2.21. The van der Waals surface area contributed by atoms with Crippen molar-refractivity contribution in [2.45, 2.75) is 39.7 Å². The molecule has 1 atom stereocenters. The number of nitrogens with zero attached hydrogens (tertiary/aromatic N) is 5. The van der Waals surface area contributed by atoms with Crippen molar-refractivity contribution in [2.75, 3.05) is 23.3 Å². The Morgan fingerprint density at radius 3 is 2.97 bits per heavy atom. The molecule has 0 saturated carbocycles. The molecule has 1 amide bonds. The molecule has 1 aliphatic rings. The first-order valence-electron chi connectivity index (χ1n) is 10.1. The summed E-state index contributed by atoms with van der Waals surface area (Å²) < 4.78 is 2.53. The van der Waals surface area contributed by atoms with E-state index in [2.05, 4.69) is 34.1 Å². The summed E-state index contributed by atoms with van der Waals surface area (Å²) in [5.41, 5.74) is 1.48. The van der Waals surface area contributed by atoms with Gasteiger partial charge in [-0.3, -0.25) is 4.79 Å². The summed E-state index contributed by atoms with van der Waals surface area (Å²) in [4.78, 5) is 31.8. The quantitative estimate of drug-likeness (QED) is 0.718. The predicted octanol–water partition coefficient (Wildman–Crippen LogP) is 2.33. The third kappa shape index (κ3) is 4.16. The molecule has 3 aromatic rings. The smallest absolute Gasteiger partial charge is 0.352 e. The minimum Gasteiger partial charge on any atom is -0.356 e. The van der Waals surface area contributed by atoms with Gasteiger partial charge in [-0.15, -0.1) is 5.10 Å². The molecule has 0 radical (unpaired) electrons. The van der Waals surface area contributed by atoms with E-state index in [-0.39, 0.29) is 18.1 Å². The molecule has 3 heterocycles. The van der Waals surface area contributed by atoms with Gasteiger partial charge in [-0.1, -0.05) is 26.0 Å². The number of nitrogens with one attached hydrogen (secondary N) is 1. The van der Waals surface area contributed by atoms with Gasteiger partial charge in [0.2, 0.25) is 5.91 Å². The second kappa shape index (κ2) is 8.06. The first-order chi connectivity index (χ1) is 14.0. The number of hydrogen-bond donors (Lipinski definition) is 1. The van der Waals surface area contributed by atoms with Gasteiger partial charge in [0.15, 0.2) is 0 Å². The van der Waals surface area contributed by atoms with E-state index < -0.39 is 0 Å². The largest absolute Gasteiger partial charge is 0.356 e. The fourth-order valence-corrected chi connectivity index (χ4v) is 3.78. The van der Waals surface area contributed by atoms with Crippen LogP contribution in [0, 0.1) is 5.92 Å². The first kappa shape index (κ1) is 19.2. The summed E-state index contributed by atoms with van der Waals surface area (Å²) in [6, 6.07) is 9.51. The van der Waals surface area contributed by atoms with Crippen molar-refractivity contribution >= 4 is 23.2 Å². The molecule has 4 rings (SSSR count). The van der Waals surface area contributed by atoms with Crippen molar-refractivity contribution in [1.29, 1.82) is 0 Å². The van der Waals surface area contributed by atoms with E-state index in [0.29, 0.717) is 17.4 Å². The van der Waals surface area contributed by atoms with E-state index in [1.54, 1.807) is 6.20 Å². The van der Waals surface area contributed by atoms with Gasteiger partial charge in [0, 0.05) is 25.0 Å². The Balaban J connectivity index is 1.52. The molecular formula is C21H26N6O2. The summed E-state index contributed by atoms with van der Waals surface area (Å²) in [5, 5.41) is 7.10. The van der Waals surface area contributed by atoms with E-state index in [0.717, 1.165) is 42.0 Å². The van der Waals surface area contributed by atoms with Crippen molar-refractivity contribution in [3.05, 3.63) is 52.6 Å². The number of hydrogen-bond acceptors (Lipinski definition) is 5. The molecule has 0 unspecified atom stereocenters. The van der Waals surface area contributed by atoms with Gasteiger partial charge in [-0.25, -0.2) is 13.9 Å². The highest BCUT2D eigenvalue weighted by atomic mass is 16.2. The molecule has 1 N–H and O–H groups in total. The Labute approximate surface area is 169 Å². The van der Waals surface area contributed by atoms with Crippen LogP contribution in [0.3, 0.4) is 0 Å². The molecule has 1 aromatic carbocycles. The Morgan fingerprint density at radius 1 is 1.31 bits per heavy atom. The number of carbonyl (C=O) groups is 1. The number of piperidine rings is 1. The Morgan fingerprint density at radius 2 is 2.17 bits per heavy atom. The lowest BCUT2D eigenvalue weighted by Gasteiger charge is -2.31. The van der Waals surface area contributed by atoms with Crippen molar-refractivity contribution in [2.24, 2.45) is 5.92 Å². The zero-order chi connectivity index (χ0) is 20.4. The van der Waals surface area contributed by atoms with Crippen LogP contribution in [0.25, 0.3) is 5.78 Å². The van der Waals surface area contributed by atoms with Gasteiger partial charge in [0.25, 0.3) is 5.78 Å². The number of aryl methyl sites for hydroxylation is 1. The lowest BCUT2D eigenvalue weighted by molar-refractivity contribution is -0.117. The average molecular weight is 394 g/mol. The number of benzene rings is 1. The molecule has 0 bridgehead atoms. The average Bonchev–Trinajstić information content (AvgIpc) is 3.02. The summed E-state index contributed by atoms with van der Waals surface area (Å²) in [6.45, 7) is 6.04. The SMILES string of the molecule is CCc1cccc(NC(=O)Cn2nc3nc(N4CCC[C@@H](C)C4)ccn3c2=O)c1. The number of anilines is 2. The maximum Gasteiger partial charge on any atom is 0.352 e. The maximum atomic E-state index is 12.6. The van der Waals surface area contributed by atoms with Crippen LogP contribution in [0.4, 0.5) is 11.5 Å². The van der Waals surface area contributed by atoms with Crippen molar-refractivity contribution in [3.8, 4) is 0 Å². The van der Waals surface area contributed by atoms with Gasteiger partial charge in [0.05, 0.1) is 0 Å². The van der Waals surface area contributed by atoms with Gasteiger partial charge in [-0.2, -0.15) is 4.98 Å². The van der Waals surface area contributed by atoms with Crippen LogP contribution >= 0.6 is 0 Å². The number of fused-ring (bicyclic) bond motifs is 1. The lowest BCUT2D eigenvalue weighted by Crippen LogP contribution is -2.34. The molecule has 0 aliphatic carbocycles. The molecule has 29 heavy (non-hydrogen) atoms. The minimum absolute atomic E-state index is 0.158. The van der Waals surface area contributed by atoms with E-state index in [1.807, 2.05) is 30.3 Å². The number of carbonyl (C=O) groups excluding carboxylic acids is 1. The van der Waals surface area contributed by atoms with Crippen LogP contribution in [0.5, 0.6) is 0 Å². The second-order valence-electron chi connectivity index (χ2n) is 7.69. The summed E-state index contributed by atoms with van der Waals surface area (Å²) in [7, 11) is 0. The van der Waals surface area contributed by atoms with Crippen molar-refractivity contribution in [3.63, 3.8) is 0 Å². The molecule has 152 valence electrons. The van der Waals surface area contributed by atoms with E-state index >= 15 is 0 Å². The zero-order valence-corrected chi connectivity index (χ0v) is 16.8. The van der Waals surface area contributed by atoms with Crippen molar-refractivity contribution in [1.82, 2.24) is 19.2 Å². The van der Waals surface area contributed by atoms with Gasteiger partial charge < -0.3 is 10.2 Å². The zero-order valence-electron chi connectivity index (χ0n) is 16.8. The van der Waals surface area contributed by atoms with E-state index in [1.165, 1.54) is 10.8 Å². The fourth-order valence-electron chi connectivity index (χ4n) is 3.78. The van der Waals surface area contributed by atoms with Gasteiger partial charge in [0.1, 0.15) is 12.4 Å². The molecule has 8 nitrogen and oxygen atoms in total. The highest BCUT2D eigenvalue weighted by Gasteiger charge is 2.19. The summed E-state index contributed by atoms with van der Waals surface area (Å²) in [6.07, 6.45) is 4.93. The topological polar surface area (TPSA) is 84.5 Å². The van der Waals surface area contributed by atoms with Crippen LogP contribution in [0.15, 0.2) is 41.3 Å². The lowest BCUT2D eigenvalue weighted by atomic mass is 10.0. The number of aromatic nitrogens is 4. The Hall–Kier alpha value is -3.16. The third-order valence-electron chi connectivity index (χ3n) is 5.33. The molecule has 1 saturated heterocycles. The Bertz CT molecular complexity index is 1090. The second-order valence-corrected chi connectivity index (χ2v) is 7.69. The third-order valence-corrected chi connectivity index (χ3v) is 5.33. The summed E-state index contributed by atoms with van der Waals surface area (Å²) in [5.74, 6) is 1.46. The molecule has 8 heteroatoms. The highest BCUT2D eigenvalue weighted by molar-refractivity contribution is 5.90. The van der Waals surface area contributed by atoms with Crippen LogP contribution in [0.1, 0.15) is 32.3 Å².